The minimum atomic E-state index is -0.958. The average Bonchev–Trinajstić information content (AvgIpc) is 2.84. The lowest BCUT2D eigenvalue weighted by Crippen LogP contribution is -2.19. The Morgan fingerprint density at radius 1 is 1.47 bits per heavy atom. The summed E-state index contributed by atoms with van der Waals surface area (Å²) in [5, 5.41) is 20.0. The molecule has 0 bridgehead atoms. The van der Waals surface area contributed by atoms with E-state index in [1.54, 1.807) is 24.5 Å². The molecule has 3 N–H and O–H groups in total. The molecule has 2 unspecified atom stereocenters. The topological polar surface area (TPSA) is 86.2 Å². The van der Waals surface area contributed by atoms with Gasteiger partial charge in [0.15, 0.2) is 5.12 Å². The first-order valence-corrected chi connectivity index (χ1v) is 6.99. The van der Waals surface area contributed by atoms with Crippen molar-refractivity contribution in [1.29, 1.82) is 0 Å². The van der Waals surface area contributed by atoms with Crippen molar-refractivity contribution in [2.24, 2.45) is 0 Å². The van der Waals surface area contributed by atoms with E-state index in [0.717, 1.165) is 22.8 Å². The highest BCUT2D eigenvalue weighted by molar-refractivity contribution is 8.13. The van der Waals surface area contributed by atoms with E-state index < -0.39 is 12.2 Å². The molecule has 0 aliphatic carbocycles. The van der Waals surface area contributed by atoms with E-state index in [4.69, 9.17) is 0 Å². The normalized spacial score (nSPS) is 14.5. The van der Waals surface area contributed by atoms with E-state index in [1.165, 1.54) is 6.92 Å². The van der Waals surface area contributed by atoms with Gasteiger partial charge in [-0.3, -0.25) is 4.79 Å². The number of benzene rings is 1. The second kappa shape index (κ2) is 6.18. The van der Waals surface area contributed by atoms with Crippen LogP contribution in [0.15, 0.2) is 24.5 Å². The van der Waals surface area contributed by atoms with Gasteiger partial charge in [-0.05, 0) is 24.1 Å². The zero-order valence-corrected chi connectivity index (χ0v) is 11.4. The van der Waals surface area contributed by atoms with Gasteiger partial charge in [0, 0.05) is 12.7 Å². The summed E-state index contributed by atoms with van der Waals surface area (Å²) in [5.74, 6) is 0.500. The van der Waals surface area contributed by atoms with Crippen LogP contribution in [0.2, 0.25) is 0 Å². The molecule has 0 amide bonds. The number of imidazole rings is 1. The van der Waals surface area contributed by atoms with E-state index in [0.29, 0.717) is 17.7 Å². The first kappa shape index (κ1) is 14.0. The molecule has 1 aromatic heterocycles. The number of hydrogen-bond donors (Lipinski definition) is 3. The van der Waals surface area contributed by atoms with Gasteiger partial charge in [-0.25, -0.2) is 4.98 Å². The van der Waals surface area contributed by atoms with Crippen LogP contribution in [-0.2, 0) is 4.79 Å². The number of aliphatic hydroxyl groups excluding tert-OH is 2. The summed E-state index contributed by atoms with van der Waals surface area (Å²) in [6, 6.07) is 5.31. The van der Waals surface area contributed by atoms with Crippen molar-refractivity contribution in [2.45, 2.75) is 25.6 Å². The zero-order chi connectivity index (χ0) is 13.8. The molecule has 6 heteroatoms. The summed E-state index contributed by atoms with van der Waals surface area (Å²) in [6.45, 7) is 1.49. The number of aromatic amines is 1. The molecule has 1 heterocycles. The van der Waals surface area contributed by atoms with E-state index in [-0.39, 0.29) is 5.12 Å². The minimum absolute atomic E-state index is 0.0144. The number of fused-ring (bicyclic) bond motifs is 1. The Morgan fingerprint density at radius 3 is 3.00 bits per heavy atom. The minimum Gasteiger partial charge on any atom is -0.390 e. The van der Waals surface area contributed by atoms with Crippen molar-refractivity contribution in [2.75, 3.05) is 5.75 Å². The molecule has 0 saturated carbocycles. The van der Waals surface area contributed by atoms with Crippen LogP contribution in [0.3, 0.4) is 0 Å². The van der Waals surface area contributed by atoms with Crippen molar-refractivity contribution in [3.63, 3.8) is 0 Å². The zero-order valence-electron chi connectivity index (χ0n) is 10.5. The van der Waals surface area contributed by atoms with E-state index in [9.17, 15) is 15.0 Å². The summed E-state index contributed by atoms with van der Waals surface area (Å²) in [7, 11) is 0. The standard InChI is InChI=1S/C13H16N2O3S/c1-8(16)19-5-4-12(17)13(18)9-2-3-10-11(6-9)15-7-14-10/h2-3,6-7,12-13,17-18H,4-5H2,1H3,(H,14,15). The lowest BCUT2D eigenvalue weighted by molar-refractivity contribution is -0.109. The van der Waals surface area contributed by atoms with Crippen LogP contribution in [0, 0.1) is 0 Å². The van der Waals surface area contributed by atoms with Crippen LogP contribution in [0.5, 0.6) is 0 Å². The predicted molar refractivity (Wildman–Crippen MR) is 74.8 cm³/mol. The average molecular weight is 280 g/mol. The fourth-order valence-electron chi connectivity index (χ4n) is 1.84. The number of carbonyl (C=O) groups is 1. The molecule has 2 aromatic rings. The Bertz CT molecular complexity index is 570. The highest BCUT2D eigenvalue weighted by Gasteiger charge is 2.18. The van der Waals surface area contributed by atoms with Gasteiger partial charge in [-0.2, -0.15) is 0 Å². The Morgan fingerprint density at radius 2 is 2.26 bits per heavy atom. The number of aromatic nitrogens is 2. The number of aliphatic hydroxyl groups is 2. The van der Waals surface area contributed by atoms with Crippen LogP contribution in [0.4, 0.5) is 0 Å². The number of hydrogen-bond acceptors (Lipinski definition) is 5. The van der Waals surface area contributed by atoms with E-state index in [2.05, 4.69) is 9.97 Å². The highest BCUT2D eigenvalue weighted by Crippen LogP contribution is 2.23. The van der Waals surface area contributed by atoms with Crippen LogP contribution >= 0.6 is 11.8 Å². The van der Waals surface area contributed by atoms with Crippen LogP contribution in [-0.4, -0.2) is 37.2 Å². The molecule has 0 spiro atoms. The van der Waals surface area contributed by atoms with E-state index in [1.807, 2.05) is 0 Å². The smallest absolute Gasteiger partial charge is 0.185 e. The summed E-state index contributed by atoms with van der Waals surface area (Å²) >= 11 is 1.15. The van der Waals surface area contributed by atoms with Crippen LogP contribution in [0.1, 0.15) is 25.0 Å². The Labute approximate surface area is 115 Å². The number of carbonyl (C=O) groups excluding carboxylic acids is 1. The van der Waals surface area contributed by atoms with Gasteiger partial charge in [0.05, 0.1) is 23.5 Å². The molecule has 2 atom stereocenters. The molecule has 1 aromatic carbocycles. The van der Waals surface area contributed by atoms with Crippen molar-refractivity contribution in [3.05, 3.63) is 30.1 Å². The molecule has 0 aliphatic heterocycles. The number of H-pyrrole nitrogens is 1. The van der Waals surface area contributed by atoms with E-state index >= 15 is 0 Å². The second-order valence-electron chi connectivity index (χ2n) is 4.32. The lowest BCUT2D eigenvalue weighted by atomic mass is 10.0. The maximum absolute atomic E-state index is 10.8. The molecular formula is C13H16N2O3S. The summed E-state index contributed by atoms with van der Waals surface area (Å²) < 4.78 is 0. The third-order valence-electron chi connectivity index (χ3n) is 2.87. The van der Waals surface area contributed by atoms with Gasteiger partial charge in [0.25, 0.3) is 0 Å². The number of nitrogens with one attached hydrogen (secondary N) is 1. The maximum atomic E-state index is 10.8. The third kappa shape index (κ3) is 3.56. The maximum Gasteiger partial charge on any atom is 0.185 e. The monoisotopic (exact) mass is 280 g/mol. The highest BCUT2D eigenvalue weighted by atomic mass is 32.2. The first-order valence-electron chi connectivity index (χ1n) is 6.00. The Kier molecular flexibility index (Phi) is 4.57. The van der Waals surface area contributed by atoms with Gasteiger partial charge in [-0.1, -0.05) is 17.8 Å². The first-order chi connectivity index (χ1) is 9.08. The SMILES string of the molecule is CC(=O)SCCC(O)C(O)c1ccc2nc[nH]c2c1. The fourth-order valence-corrected chi connectivity index (χ4v) is 2.49. The van der Waals surface area contributed by atoms with Gasteiger partial charge in [0.1, 0.15) is 6.10 Å². The number of rotatable bonds is 5. The fraction of sp³-hybridized carbons (Fsp3) is 0.385. The Balaban J connectivity index is 2.01. The molecule has 0 radical (unpaired) electrons. The Hall–Kier alpha value is -1.37. The third-order valence-corrected chi connectivity index (χ3v) is 3.72. The molecule has 2 rings (SSSR count). The van der Waals surface area contributed by atoms with Crippen molar-refractivity contribution in [3.8, 4) is 0 Å². The van der Waals surface area contributed by atoms with Gasteiger partial charge < -0.3 is 15.2 Å². The quantitative estimate of drug-likeness (QED) is 0.775. The van der Waals surface area contributed by atoms with Gasteiger partial charge in [0.2, 0.25) is 0 Å². The molecule has 0 saturated heterocycles. The predicted octanol–water partition coefficient (Wildman–Crippen LogP) is 1.63. The summed E-state index contributed by atoms with van der Waals surface area (Å²) in [6.07, 6.45) is 0.111. The number of thioether (sulfide) groups is 1. The molecule has 5 nitrogen and oxygen atoms in total. The molecule has 19 heavy (non-hydrogen) atoms. The molecular weight excluding hydrogens is 264 g/mol. The van der Waals surface area contributed by atoms with Crippen molar-refractivity contribution in [1.82, 2.24) is 9.97 Å². The lowest BCUT2D eigenvalue weighted by Gasteiger charge is -2.17. The van der Waals surface area contributed by atoms with Gasteiger partial charge in [-0.15, -0.1) is 0 Å². The second-order valence-corrected chi connectivity index (χ2v) is 5.59. The van der Waals surface area contributed by atoms with Crippen LogP contribution in [0.25, 0.3) is 11.0 Å². The largest absolute Gasteiger partial charge is 0.390 e. The summed E-state index contributed by atoms with van der Waals surface area (Å²) in [4.78, 5) is 17.8. The van der Waals surface area contributed by atoms with Crippen molar-refractivity contribution >= 4 is 27.9 Å². The molecule has 0 aliphatic rings. The number of nitrogens with zero attached hydrogens (tertiary/aromatic N) is 1. The molecule has 0 fully saturated rings. The van der Waals surface area contributed by atoms with Gasteiger partial charge >= 0.3 is 0 Å². The summed E-state index contributed by atoms with van der Waals surface area (Å²) in [5.41, 5.74) is 2.27. The van der Waals surface area contributed by atoms with Crippen LogP contribution < -0.4 is 0 Å². The molecule has 102 valence electrons. The van der Waals surface area contributed by atoms with Crippen molar-refractivity contribution < 1.29 is 15.0 Å².